The number of ether oxygens (including phenoxy) is 1. The van der Waals surface area contributed by atoms with Crippen LogP contribution in [0.2, 0.25) is 0 Å². The molecule has 0 aromatic heterocycles. The molecule has 0 aliphatic rings. The number of hydrogen-bond acceptors (Lipinski definition) is 3. The van der Waals surface area contributed by atoms with Gasteiger partial charge in [-0.2, -0.15) is 0 Å². The lowest BCUT2D eigenvalue weighted by molar-refractivity contribution is 0.342. The van der Waals surface area contributed by atoms with E-state index in [1.165, 1.54) is 0 Å². The SMILES string of the molecule is CCOc1cc(NC(C)c2ccc(C)c(F)c2)ccc1N. The Hall–Kier alpha value is -2.23. The van der Waals surface area contributed by atoms with Gasteiger partial charge in [0.25, 0.3) is 0 Å². The standard InChI is InChI=1S/C17H21FN2O/c1-4-21-17-10-14(7-8-16(17)19)20-12(3)13-6-5-11(2)15(18)9-13/h5-10,12,20H,4,19H2,1-3H3. The van der Waals surface area contributed by atoms with Crippen LogP contribution in [0.3, 0.4) is 0 Å². The highest BCUT2D eigenvalue weighted by atomic mass is 19.1. The Kier molecular flexibility index (Phi) is 4.68. The van der Waals surface area contributed by atoms with Gasteiger partial charge in [-0.3, -0.25) is 0 Å². The molecule has 0 spiro atoms. The number of nitrogens with two attached hydrogens (primary N) is 1. The maximum atomic E-state index is 13.6. The molecule has 2 aromatic rings. The second-order valence-electron chi connectivity index (χ2n) is 5.06. The van der Waals surface area contributed by atoms with Crippen molar-refractivity contribution in [1.29, 1.82) is 0 Å². The average molecular weight is 288 g/mol. The Morgan fingerprint density at radius 3 is 2.67 bits per heavy atom. The molecule has 1 atom stereocenters. The number of rotatable bonds is 5. The topological polar surface area (TPSA) is 47.3 Å². The lowest BCUT2D eigenvalue weighted by Crippen LogP contribution is -2.08. The third-order valence-corrected chi connectivity index (χ3v) is 3.39. The minimum Gasteiger partial charge on any atom is -0.492 e. The Morgan fingerprint density at radius 1 is 1.24 bits per heavy atom. The second kappa shape index (κ2) is 6.48. The quantitative estimate of drug-likeness (QED) is 0.807. The molecule has 0 aliphatic carbocycles. The molecule has 2 rings (SSSR count). The van der Waals surface area contributed by atoms with Gasteiger partial charge in [-0.15, -0.1) is 0 Å². The molecule has 0 amide bonds. The molecule has 2 aromatic carbocycles. The number of halogens is 1. The summed E-state index contributed by atoms with van der Waals surface area (Å²) in [6.07, 6.45) is 0. The summed E-state index contributed by atoms with van der Waals surface area (Å²) in [5.74, 6) is 0.471. The first-order valence-corrected chi connectivity index (χ1v) is 7.06. The van der Waals surface area contributed by atoms with Crippen molar-refractivity contribution in [2.24, 2.45) is 0 Å². The van der Waals surface area contributed by atoms with Gasteiger partial charge < -0.3 is 15.8 Å². The van der Waals surface area contributed by atoms with Gasteiger partial charge in [0.2, 0.25) is 0 Å². The lowest BCUT2D eigenvalue weighted by Gasteiger charge is -2.17. The molecule has 0 bridgehead atoms. The van der Waals surface area contributed by atoms with Crippen LogP contribution < -0.4 is 15.8 Å². The molecule has 112 valence electrons. The van der Waals surface area contributed by atoms with E-state index in [-0.39, 0.29) is 11.9 Å². The van der Waals surface area contributed by atoms with Crippen LogP contribution in [0.1, 0.15) is 31.0 Å². The van der Waals surface area contributed by atoms with Crippen LogP contribution in [0, 0.1) is 12.7 Å². The van der Waals surface area contributed by atoms with Crippen molar-refractivity contribution >= 4 is 11.4 Å². The zero-order valence-electron chi connectivity index (χ0n) is 12.6. The fraction of sp³-hybridized carbons (Fsp3) is 0.294. The third-order valence-electron chi connectivity index (χ3n) is 3.39. The van der Waals surface area contributed by atoms with E-state index in [1.807, 2.05) is 32.0 Å². The van der Waals surface area contributed by atoms with Crippen LogP contribution in [0.4, 0.5) is 15.8 Å². The van der Waals surface area contributed by atoms with Crippen molar-refractivity contribution < 1.29 is 9.13 Å². The van der Waals surface area contributed by atoms with Crippen molar-refractivity contribution in [2.75, 3.05) is 17.7 Å². The molecule has 0 saturated carbocycles. The van der Waals surface area contributed by atoms with E-state index in [1.54, 1.807) is 25.1 Å². The van der Waals surface area contributed by atoms with E-state index in [4.69, 9.17) is 10.5 Å². The van der Waals surface area contributed by atoms with Crippen molar-refractivity contribution in [1.82, 2.24) is 0 Å². The molecule has 3 N–H and O–H groups in total. The fourth-order valence-electron chi connectivity index (χ4n) is 2.12. The summed E-state index contributed by atoms with van der Waals surface area (Å²) in [5, 5.41) is 3.33. The number of nitrogens with one attached hydrogen (secondary N) is 1. The second-order valence-corrected chi connectivity index (χ2v) is 5.06. The maximum Gasteiger partial charge on any atom is 0.144 e. The minimum absolute atomic E-state index is 0.0156. The molecule has 0 aliphatic heterocycles. The summed E-state index contributed by atoms with van der Waals surface area (Å²) in [4.78, 5) is 0. The largest absolute Gasteiger partial charge is 0.492 e. The molecular formula is C17H21FN2O. The Morgan fingerprint density at radius 2 is 2.00 bits per heavy atom. The van der Waals surface area contributed by atoms with Gasteiger partial charge >= 0.3 is 0 Å². The summed E-state index contributed by atoms with van der Waals surface area (Å²) in [5.41, 5.74) is 8.90. The van der Waals surface area contributed by atoms with Gasteiger partial charge in [-0.05, 0) is 50.1 Å². The van der Waals surface area contributed by atoms with Crippen molar-refractivity contribution in [3.05, 3.63) is 53.3 Å². The summed E-state index contributed by atoms with van der Waals surface area (Å²) in [6.45, 7) is 6.22. The highest BCUT2D eigenvalue weighted by molar-refractivity contribution is 5.61. The third kappa shape index (κ3) is 3.66. The smallest absolute Gasteiger partial charge is 0.144 e. The van der Waals surface area contributed by atoms with Crippen LogP contribution in [-0.4, -0.2) is 6.61 Å². The van der Waals surface area contributed by atoms with E-state index in [0.717, 1.165) is 11.3 Å². The van der Waals surface area contributed by atoms with Crippen LogP contribution in [0.25, 0.3) is 0 Å². The Bertz CT molecular complexity index is 628. The average Bonchev–Trinajstić information content (AvgIpc) is 2.45. The molecule has 0 fully saturated rings. The number of nitrogen functional groups attached to an aromatic ring is 1. The molecule has 4 heteroatoms. The molecule has 0 heterocycles. The molecular weight excluding hydrogens is 267 g/mol. The minimum atomic E-state index is -0.187. The highest BCUT2D eigenvalue weighted by Gasteiger charge is 2.09. The van der Waals surface area contributed by atoms with Gasteiger partial charge in [0.1, 0.15) is 11.6 Å². The number of hydrogen-bond donors (Lipinski definition) is 2. The molecule has 21 heavy (non-hydrogen) atoms. The van der Waals surface area contributed by atoms with E-state index in [0.29, 0.717) is 23.6 Å². The normalized spacial score (nSPS) is 12.0. The summed E-state index contributed by atoms with van der Waals surface area (Å²) >= 11 is 0. The van der Waals surface area contributed by atoms with Crippen LogP contribution in [0.5, 0.6) is 5.75 Å². The van der Waals surface area contributed by atoms with Gasteiger partial charge in [0.05, 0.1) is 12.3 Å². The first kappa shape index (κ1) is 15.2. The van der Waals surface area contributed by atoms with Gasteiger partial charge in [-0.1, -0.05) is 12.1 Å². The van der Waals surface area contributed by atoms with Gasteiger partial charge in [-0.25, -0.2) is 4.39 Å². The Labute approximate surface area is 124 Å². The van der Waals surface area contributed by atoms with Crippen molar-refractivity contribution in [3.8, 4) is 5.75 Å². The van der Waals surface area contributed by atoms with E-state index < -0.39 is 0 Å². The van der Waals surface area contributed by atoms with Gasteiger partial charge in [0, 0.05) is 17.8 Å². The van der Waals surface area contributed by atoms with Crippen LogP contribution in [-0.2, 0) is 0 Å². The van der Waals surface area contributed by atoms with E-state index in [2.05, 4.69) is 5.32 Å². The molecule has 0 radical (unpaired) electrons. The molecule has 1 unspecified atom stereocenters. The molecule has 0 saturated heterocycles. The first-order valence-electron chi connectivity index (χ1n) is 7.06. The monoisotopic (exact) mass is 288 g/mol. The van der Waals surface area contributed by atoms with Crippen LogP contribution in [0.15, 0.2) is 36.4 Å². The van der Waals surface area contributed by atoms with Crippen LogP contribution >= 0.6 is 0 Å². The zero-order valence-corrected chi connectivity index (χ0v) is 12.6. The van der Waals surface area contributed by atoms with E-state index >= 15 is 0 Å². The highest BCUT2D eigenvalue weighted by Crippen LogP contribution is 2.28. The maximum absolute atomic E-state index is 13.6. The van der Waals surface area contributed by atoms with Crippen molar-refractivity contribution in [2.45, 2.75) is 26.8 Å². The predicted octanol–water partition coefficient (Wildman–Crippen LogP) is 4.29. The summed E-state index contributed by atoms with van der Waals surface area (Å²) in [7, 11) is 0. The van der Waals surface area contributed by atoms with Crippen molar-refractivity contribution in [3.63, 3.8) is 0 Å². The zero-order chi connectivity index (χ0) is 15.4. The first-order chi connectivity index (χ1) is 10.0. The number of anilines is 2. The van der Waals surface area contributed by atoms with E-state index in [9.17, 15) is 4.39 Å². The Balaban J connectivity index is 2.16. The lowest BCUT2D eigenvalue weighted by atomic mass is 10.1. The summed E-state index contributed by atoms with van der Waals surface area (Å²) < 4.78 is 19.1. The fourth-order valence-corrected chi connectivity index (χ4v) is 2.12. The molecule has 3 nitrogen and oxygen atoms in total. The number of benzene rings is 2. The predicted molar refractivity (Wildman–Crippen MR) is 85.2 cm³/mol. The number of aryl methyl sites for hydroxylation is 1. The van der Waals surface area contributed by atoms with Gasteiger partial charge in [0.15, 0.2) is 0 Å². The summed E-state index contributed by atoms with van der Waals surface area (Å²) in [6, 6.07) is 10.8.